The standard InChI is InChI=1S/C25H36N2O6/c1-6-7-30-8-9-31-10-11-32-27-25(29)22(26)20-12-18(4)24(19(5)13-20)33-21-14-16(2)23(28)17(3)15-21/h12-15,22,28H,6-11,26H2,1-5H3,(H,27,29). The van der Waals surface area contributed by atoms with Crippen LogP contribution >= 0.6 is 0 Å². The van der Waals surface area contributed by atoms with Crippen molar-refractivity contribution >= 4 is 5.91 Å². The highest BCUT2D eigenvalue weighted by atomic mass is 16.7. The first-order chi connectivity index (χ1) is 15.7. The maximum absolute atomic E-state index is 12.4. The van der Waals surface area contributed by atoms with Gasteiger partial charge in [-0.1, -0.05) is 19.1 Å². The van der Waals surface area contributed by atoms with Crippen LogP contribution in [0.1, 0.15) is 47.2 Å². The Bertz CT molecular complexity index is 885. The van der Waals surface area contributed by atoms with Gasteiger partial charge in [0.1, 0.15) is 23.3 Å². The van der Waals surface area contributed by atoms with Crippen LogP contribution in [-0.4, -0.2) is 44.0 Å². The second-order valence-electron chi connectivity index (χ2n) is 8.01. The second-order valence-corrected chi connectivity index (χ2v) is 8.01. The summed E-state index contributed by atoms with van der Waals surface area (Å²) in [6.45, 7) is 11.8. The first-order valence-electron chi connectivity index (χ1n) is 11.2. The third kappa shape index (κ3) is 8.01. The van der Waals surface area contributed by atoms with Crippen molar-refractivity contribution in [3.05, 3.63) is 52.1 Å². The Balaban J connectivity index is 1.89. The van der Waals surface area contributed by atoms with Crippen molar-refractivity contribution in [1.29, 1.82) is 0 Å². The molecule has 0 aliphatic rings. The highest BCUT2D eigenvalue weighted by Gasteiger charge is 2.19. The number of carbonyl (C=O) groups is 1. The van der Waals surface area contributed by atoms with Crippen molar-refractivity contribution in [3.8, 4) is 17.2 Å². The van der Waals surface area contributed by atoms with E-state index >= 15 is 0 Å². The molecule has 2 aromatic rings. The number of phenolic OH excluding ortho intramolecular Hbond substituents is 1. The van der Waals surface area contributed by atoms with Crippen molar-refractivity contribution in [2.24, 2.45) is 5.73 Å². The van der Waals surface area contributed by atoms with Crippen LogP contribution in [0.2, 0.25) is 0 Å². The molecule has 2 aromatic carbocycles. The first kappa shape index (κ1) is 26.6. The number of hydrogen-bond donors (Lipinski definition) is 3. The van der Waals surface area contributed by atoms with E-state index in [2.05, 4.69) is 5.48 Å². The van der Waals surface area contributed by atoms with Crippen LogP contribution in [0.5, 0.6) is 17.2 Å². The SMILES string of the molecule is CCCOCCOCCONC(=O)C(N)c1cc(C)c(Oc2cc(C)c(O)c(C)c2)c(C)c1. The Morgan fingerprint density at radius 2 is 1.45 bits per heavy atom. The van der Waals surface area contributed by atoms with Gasteiger partial charge in [-0.15, -0.1) is 0 Å². The zero-order valence-corrected chi connectivity index (χ0v) is 20.2. The van der Waals surface area contributed by atoms with Gasteiger partial charge in [-0.3, -0.25) is 9.63 Å². The molecule has 1 unspecified atom stereocenters. The van der Waals surface area contributed by atoms with Crippen LogP contribution in [-0.2, 0) is 19.1 Å². The molecular formula is C25H36N2O6. The number of aromatic hydroxyl groups is 1. The van der Waals surface area contributed by atoms with E-state index in [9.17, 15) is 9.90 Å². The summed E-state index contributed by atoms with van der Waals surface area (Å²) < 4.78 is 16.8. The van der Waals surface area contributed by atoms with Crippen LogP contribution in [0, 0.1) is 27.7 Å². The zero-order valence-electron chi connectivity index (χ0n) is 20.2. The van der Waals surface area contributed by atoms with Crippen LogP contribution in [0.4, 0.5) is 0 Å². The van der Waals surface area contributed by atoms with Crippen LogP contribution < -0.4 is 16.0 Å². The topological polar surface area (TPSA) is 112 Å². The molecule has 8 heteroatoms. The predicted molar refractivity (Wildman–Crippen MR) is 127 cm³/mol. The first-order valence-corrected chi connectivity index (χ1v) is 11.2. The van der Waals surface area contributed by atoms with Gasteiger partial charge in [0.25, 0.3) is 5.91 Å². The fourth-order valence-corrected chi connectivity index (χ4v) is 3.32. The van der Waals surface area contributed by atoms with E-state index in [0.29, 0.717) is 36.9 Å². The largest absolute Gasteiger partial charge is 0.507 e. The number of benzene rings is 2. The molecule has 33 heavy (non-hydrogen) atoms. The number of amides is 1. The number of phenols is 1. The van der Waals surface area contributed by atoms with Gasteiger partial charge in [-0.05, 0) is 74.1 Å². The molecule has 2 rings (SSSR count). The number of ether oxygens (including phenoxy) is 3. The van der Waals surface area contributed by atoms with Crippen molar-refractivity contribution in [1.82, 2.24) is 5.48 Å². The minimum atomic E-state index is -0.891. The molecule has 4 N–H and O–H groups in total. The van der Waals surface area contributed by atoms with Gasteiger partial charge >= 0.3 is 0 Å². The smallest absolute Gasteiger partial charge is 0.265 e. The molecule has 0 bridgehead atoms. The fourth-order valence-electron chi connectivity index (χ4n) is 3.32. The number of rotatable bonds is 13. The normalized spacial score (nSPS) is 11.9. The van der Waals surface area contributed by atoms with Crippen molar-refractivity contribution in [2.75, 3.05) is 33.0 Å². The van der Waals surface area contributed by atoms with Gasteiger partial charge in [-0.2, -0.15) is 0 Å². The van der Waals surface area contributed by atoms with E-state index in [0.717, 1.165) is 35.3 Å². The van der Waals surface area contributed by atoms with Crippen molar-refractivity contribution in [3.63, 3.8) is 0 Å². The maximum atomic E-state index is 12.4. The summed E-state index contributed by atoms with van der Waals surface area (Å²) in [6, 6.07) is 6.33. The van der Waals surface area contributed by atoms with Crippen LogP contribution in [0.15, 0.2) is 24.3 Å². The molecule has 0 fully saturated rings. The van der Waals surface area contributed by atoms with E-state index in [1.807, 2.05) is 46.8 Å². The summed E-state index contributed by atoms with van der Waals surface area (Å²) in [5.74, 6) is 1.14. The summed E-state index contributed by atoms with van der Waals surface area (Å²) in [6.07, 6.45) is 0.974. The summed E-state index contributed by atoms with van der Waals surface area (Å²) in [5.41, 5.74) is 12.3. The molecule has 0 radical (unpaired) electrons. The molecule has 0 spiro atoms. The van der Waals surface area contributed by atoms with Gasteiger partial charge < -0.3 is 25.1 Å². The van der Waals surface area contributed by atoms with Crippen molar-refractivity contribution in [2.45, 2.75) is 47.1 Å². The number of nitrogens with one attached hydrogen (secondary N) is 1. The second kappa shape index (κ2) is 13.2. The molecular weight excluding hydrogens is 424 g/mol. The Kier molecular flexibility index (Phi) is 10.6. The van der Waals surface area contributed by atoms with Gasteiger partial charge in [0.2, 0.25) is 0 Å². The van der Waals surface area contributed by atoms with E-state index in [-0.39, 0.29) is 12.4 Å². The van der Waals surface area contributed by atoms with Crippen molar-refractivity contribution < 1.29 is 28.9 Å². The minimum absolute atomic E-state index is 0.211. The van der Waals surface area contributed by atoms with Gasteiger partial charge in [-0.25, -0.2) is 5.48 Å². The summed E-state index contributed by atoms with van der Waals surface area (Å²) in [5, 5.41) is 9.97. The molecule has 0 aliphatic heterocycles. The Morgan fingerprint density at radius 3 is 2.03 bits per heavy atom. The van der Waals surface area contributed by atoms with Gasteiger partial charge in [0, 0.05) is 6.61 Å². The average molecular weight is 461 g/mol. The lowest BCUT2D eigenvalue weighted by molar-refractivity contribution is -0.136. The molecule has 1 atom stereocenters. The fraction of sp³-hybridized carbons (Fsp3) is 0.480. The summed E-state index contributed by atoms with van der Waals surface area (Å²) >= 11 is 0. The maximum Gasteiger partial charge on any atom is 0.265 e. The monoisotopic (exact) mass is 460 g/mol. The lowest BCUT2D eigenvalue weighted by Crippen LogP contribution is -2.35. The van der Waals surface area contributed by atoms with Gasteiger partial charge in [0.05, 0.1) is 26.4 Å². The molecule has 8 nitrogen and oxygen atoms in total. The highest BCUT2D eigenvalue weighted by molar-refractivity contribution is 5.82. The Morgan fingerprint density at radius 1 is 0.909 bits per heavy atom. The lowest BCUT2D eigenvalue weighted by Gasteiger charge is -2.18. The number of hydrogen-bond acceptors (Lipinski definition) is 7. The Hall–Kier alpha value is -2.65. The van der Waals surface area contributed by atoms with Crippen LogP contribution in [0.3, 0.4) is 0 Å². The number of hydroxylamine groups is 1. The molecule has 0 aromatic heterocycles. The van der Waals surface area contributed by atoms with E-state index in [4.69, 9.17) is 24.8 Å². The summed E-state index contributed by atoms with van der Waals surface area (Å²) in [7, 11) is 0. The van der Waals surface area contributed by atoms with E-state index in [1.165, 1.54) is 0 Å². The molecule has 0 heterocycles. The molecule has 1 amide bonds. The lowest BCUT2D eigenvalue weighted by atomic mass is 10.00. The molecule has 0 saturated heterocycles. The number of aryl methyl sites for hydroxylation is 4. The molecule has 182 valence electrons. The molecule has 0 saturated carbocycles. The highest BCUT2D eigenvalue weighted by Crippen LogP contribution is 2.34. The average Bonchev–Trinajstić information content (AvgIpc) is 2.77. The predicted octanol–water partition coefficient (Wildman–Crippen LogP) is 3.91. The third-order valence-electron chi connectivity index (χ3n) is 5.03. The quantitative estimate of drug-likeness (QED) is 0.307. The van der Waals surface area contributed by atoms with Crippen LogP contribution in [0.25, 0.3) is 0 Å². The number of carbonyl (C=O) groups excluding carboxylic acids is 1. The minimum Gasteiger partial charge on any atom is -0.507 e. The molecule has 0 aliphatic carbocycles. The van der Waals surface area contributed by atoms with Gasteiger partial charge in [0.15, 0.2) is 0 Å². The zero-order chi connectivity index (χ0) is 24.4. The Labute approximate surface area is 195 Å². The third-order valence-corrected chi connectivity index (χ3v) is 5.03. The number of nitrogens with two attached hydrogens (primary N) is 1. The van der Waals surface area contributed by atoms with E-state index in [1.54, 1.807) is 12.1 Å². The summed E-state index contributed by atoms with van der Waals surface area (Å²) in [4.78, 5) is 17.5. The van der Waals surface area contributed by atoms with E-state index < -0.39 is 11.9 Å².